The fraction of sp³-hybridized carbons (Fsp3) is 0.353. The van der Waals surface area contributed by atoms with Gasteiger partial charge < -0.3 is 10.1 Å². The second kappa shape index (κ2) is 6.06. The SMILES string of the molecule is Cc1cccnc1COc1ccccc1CNC1CC1. The Balaban J connectivity index is 1.65. The molecule has 20 heavy (non-hydrogen) atoms. The molecule has 1 aliphatic carbocycles. The summed E-state index contributed by atoms with van der Waals surface area (Å²) in [5.41, 5.74) is 3.38. The first-order valence-electron chi connectivity index (χ1n) is 7.17. The largest absolute Gasteiger partial charge is 0.487 e. The molecule has 0 aliphatic heterocycles. The van der Waals surface area contributed by atoms with Crippen molar-refractivity contribution in [1.82, 2.24) is 10.3 Å². The first kappa shape index (κ1) is 13.1. The molecule has 3 heteroatoms. The number of hydrogen-bond donors (Lipinski definition) is 1. The molecule has 0 bridgehead atoms. The minimum atomic E-state index is 0.521. The standard InChI is InChI=1S/C17H20N2O/c1-13-5-4-10-18-16(13)12-20-17-7-3-2-6-14(17)11-19-15-8-9-15/h2-7,10,15,19H,8-9,11-12H2,1H3. The number of aryl methyl sites for hydroxylation is 1. The van der Waals surface area contributed by atoms with E-state index in [0.717, 1.165) is 18.0 Å². The molecule has 1 aromatic heterocycles. The van der Waals surface area contributed by atoms with E-state index in [0.29, 0.717) is 12.6 Å². The van der Waals surface area contributed by atoms with Crippen LogP contribution in [0.1, 0.15) is 29.7 Å². The summed E-state index contributed by atoms with van der Waals surface area (Å²) < 4.78 is 5.95. The van der Waals surface area contributed by atoms with Crippen LogP contribution >= 0.6 is 0 Å². The Bertz CT molecular complexity index is 579. The summed E-state index contributed by atoms with van der Waals surface area (Å²) >= 11 is 0. The van der Waals surface area contributed by atoms with Crippen LogP contribution in [0.5, 0.6) is 5.75 Å². The summed E-state index contributed by atoms with van der Waals surface area (Å²) in [4.78, 5) is 4.37. The molecule has 1 N–H and O–H groups in total. The van der Waals surface area contributed by atoms with Crippen LogP contribution in [-0.4, -0.2) is 11.0 Å². The van der Waals surface area contributed by atoms with E-state index < -0.39 is 0 Å². The molecule has 0 saturated heterocycles. The normalized spacial score (nSPS) is 14.2. The van der Waals surface area contributed by atoms with Gasteiger partial charge in [-0.2, -0.15) is 0 Å². The molecular weight excluding hydrogens is 248 g/mol. The highest BCUT2D eigenvalue weighted by Gasteiger charge is 2.20. The Morgan fingerprint density at radius 2 is 2.05 bits per heavy atom. The summed E-state index contributed by atoms with van der Waals surface area (Å²) in [6.45, 7) is 3.46. The van der Waals surface area contributed by atoms with Gasteiger partial charge in [-0.3, -0.25) is 4.98 Å². The van der Waals surface area contributed by atoms with Crippen molar-refractivity contribution >= 4 is 0 Å². The molecule has 1 heterocycles. The van der Waals surface area contributed by atoms with Gasteiger partial charge in [0.2, 0.25) is 0 Å². The van der Waals surface area contributed by atoms with Crippen molar-refractivity contribution in [2.24, 2.45) is 0 Å². The number of nitrogens with zero attached hydrogens (tertiary/aromatic N) is 1. The van der Waals surface area contributed by atoms with Gasteiger partial charge in [-0.1, -0.05) is 24.3 Å². The number of hydrogen-bond acceptors (Lipinski definition) is 3. The molecule has 0 atom stereocenters. The maximum absolute atomic E-state index is 5.95. The molecule has 1 saturated carbocycles. The van der Waals surface area contributed by atoms with E-state index in [1.54, 1.807) is 0 Å². The molecule has 0 amide bonds. The quantitative estimate of drug-likeness (QED) is 0.873. The molecule has 0 spiro atoms. The Morgan fingerprint density at radius 1 is 1.20 bits per heavy atom. The Hall–Kier alpha value is -1.87. The minimum Gasteiger partial charge on any atom is -0.487 e. The molecule has 104 valence electrons. The summed E-state index contributed by atoms with van der Waals surface area (Å²) in [6, 6.07) is 12.9. The second-order valence-corrected chi connectivity index (χ2v) is 5.32. The van der Waals surface area contributed by atoms with Gasteiger partial charge in [-0.15, -0.1) is 0 Å². The average molecular weight is 268 g/mol. The van der Waals surface area contributed by atoms with Crippen LogP contribution < -0.4 is 10.1 Å². The van der Waals surface area contributed by atoms with Crippen molar-refractivity contribution in [1.29, 1.82) is 0 Å². The van der Waals surface area contributed by atoms with E-state index in [2.05, 4.69) is 35.4 Å². The number of pyridine rings is 1. The van der Waals surface area contributed by atoms with E-state index in [9.17, 15) is 0 Å². The lowest BCUT2D eigenvalue weighted by atomic mass is 10.2. The summed E-state index contributed by atoms with van der Waals surface area (Å²) in [7, 11) is 0. The van der Waals surface area contributed by atoms with Crippen molar-refractivity contribution in [3.63, 3.8) is 0 Å². The Morgan fingerprint density at radius 3 is 2.85 bits per heavy atom. The molecule has 1 aromatic carbocycles. The topological polar surface area (TPSA) is 34.1 Å². The summed E-state index contributed by atoms with van der Waals surface area (Å²) in [6.07, 6.45) is 4.42. The summed E-state index contributed by atoms with van der Waals surface area (Å²) in [5.74, 6) is 0.950. The average Bonchev–Trinajstić information content (AvgIpc) is 3.29. The fourth-order valence-corrected chi connectivity index (χ4v) is 2.15. The molecule has 0 radical (unpaired) electrons. The molecule has 2 aromatic rings. The van der Waals surface area contributed by atoms with Crippen LogP contribution in [0.25, 0.3) is 0 Å². The minimum absolute atomic E-state index is 0.521. The number of para-hydroxylation sites is 1. The maximum Gasteiger partial charge on any atom is 0.130 e. The van der Waals surface area contributed by atoms with Gasteiger partial charge in [0, 0.05) is 24.3 Å². The number of nitrogens with one attached hydrogen (secondary N) is 1. The van der Waals surface area contributed by atoms with Crippen LogP contribution in [0.4, 0.5) is 0 Å². The third-order valence-corrected chi connectivity index (χ3v) is 3.61. The van der Waals surface area contributed by atoms with Gasteiger partial charge in [0.15, 0.2) is 0 Å². The monoisotopic (exact) mass is 268 g/mol. The van der Waals surface area contributed by atoms with Crippen molar-refractivity contribution in [2.45, 2.75) is 39.0 Å². The van der Waals surface area contributed by atoms with Gasteiger partial charge in [0.05, 0.1) is 5.69 Å². The van der Waals surface area contributed by atoms with E-state index in [1.165, 1.54) is 24.0 Å². The first-order valence-corrected chi connectivity index (χ1v) is 7.17. The molecule has 3 nitrogen and oxygen atoms in total. The number of aromatic nitrogens is 1. The fourth-order valence-electron chi connectivity index (χ4n) is 2.15. The maximum atomic E-state index is 5.95. The van der Waals surface area contributed by atoms with Gasteiger partial charge in [-0.05, 0) is 37.5 Å². The van der Waals surface area contributed by atoms with Gasteiger partial charge >= 0.3 is 0 Å². The third-order valence-electron chi connectivity index (χ3n) is 3.61. The highest BCUT2D eigenvalue weighted by Crippen LogP contribution is 2.23. The predicted octanol–water partition coefficient (Wildman–Crippen LogP) is 3.22. The number of ether oxygens (including phenoxy) is 1. The molecular formula is C17H20N2O. The number of benzene rings is 1. The van der Waals surface area contributed by atoms with Crippen molar-refractivity contribution < 1.29 is 4.74 Å². The van der Waals surface area contributed by atoms with E-state index in [-0.39, 0.29) is 0 Å². The van der Waals surface area contributed by atoms with Crippen LogP contribution in [-0.2, 0) is 13.2 Å². The summed E-state index contributed by atoms with van der Waals surface area (Å²) in [5, 5.41) is 3.53. The van der Waals surface area contributed by atoms with Crippen molar-refractivity contribution in [3.8, 4) is 5.75 Å². The Kier molecular flexibility index (Phi) is 3.97. The van der Waals surface area contributed by atoms with Crippen molar-refractivity contribution in [2.75, 3.05) is 0 Å². The molecule has 0 unspecified atom stereocenters. The predicted molar refractivity (Wildman–Crippen MR) is 79.6 cm³/mol. The zero-order valence-electron chi connectivity index (χ0n) is 11.8. The number of rotatable bonds is 6. The first-order chi connectivity index (χ1) is 9.83. The van der Waals surface area contributed by atoms with E-state index in [1.807, 2.05) is 24.4 Å². The van der Waals surface area contributed by atoms with E-state index in [4.69, 9.17) is 4.74 Å². The van der Waals surface area contributed by atoms with Crippen molar-refractivity contribution in [3.05, 3.63) is 59.4 Å². The van der Waals surface area contributed by atoms with Crippen LogP contribution in [0.15, 0.2) is 42.6 Å². The van der Waals surface area contributed by atoms with Crippen LogP contribution in [0, 0.1) is 6.92 Å². The van der Waals surface area contributed by atoms with E-state index >= 15 is 0 Å². The third kappa shape index (κ3) is 3.36. The smallest absolute Gasteiger partial charge is 0.130 e. The van der Waals surface area contributed by atoms with Crippen LogP contribution in [0.3, 0.4) is 0 Å². The zero-order valence-corrected chi connectivity index (χ0v) is 11.8. The molecule has 1 fully saturated rings. The molecule has 1 aliphatic rings. The lowest BCUT2D eigenvalue weighted by Crippen LogP contribution is -2.16. The van der Waals surface area contributed by atoms with Gasteiger partial charge in [0.1, 0.15) is 12.4 Å². The Labute approximate surface area is 120 Å². The highest BCUT2D eigenvalue weighted by molar-refractivity contribution is 5.33. The van der Waals surface area contributed by atoms with Gasteiger partial charge in [-0.25, -0.2) is 0 Å². The molecule has 3 rings (SSSR count). The highest BCUT2D eigenvalue weighted by atomic mass is 16.5. The zero-order chi connectivity index (χ0) is 13.8. The lowest BCUT2D eigenvalue weighted by Gasteiger charge is -2.12. The van der Waals surface area contributed by atoms with Crippen LogP contribution in [0.2, 0.25) is 0 Å². The second-order valence-electron chi connectivity index (χ2n) is 5.32. The lowest BCUT2D eigenvalue weighted by molar-refractivity contribution is 0.296. The van der Waals surface area contributed by atoms with Gasteiger partial charge in [0.25, 0.3) is 0 Å².